The van der Waals surface area contributed by atoms with Crippen LogP contribution in [0.15, 0.2) is 12.1 Å². The van der Waals surface area contributed by atoms with Crippen molar-refractivity contribution in [3.8, 4) is 11.5 Å². The van der Waals surface area contributed by atoms with Gasteiger partial charge in [-0.2, -0.15) is 0 Å². The van der Waals surface area contributed by atoms with Gasteiger partial charge in [-0.25, -0.2) is 0 Å². The van der Waals surface area contributed by atoms with Crippen molar-refractivity contribution in [2.24, 2.45) is 11.8 Å². The molecular weight excluding hydrogens is 290 g/mol. The Morgan fingerprint density at radius 2 is 1.96 bits per heavy atom. The number of aldehydes is 1. The summed E-state index contributed by atoms with van der Waals surface area (Å²) in [6.45, 7) is 4.44. The van der Waals surface area contributed by atoms with Gasteiger partial charge >= 0.3 is 0 Å². The van der Waals surface area contributed by atoms with Crippen LogP contribution in [0.1, 0.15) is 43.4 Å². The summed E-state index contributed by atoms with van der Waals surface area (Å²) in [5.41, 5.74) is 2.73. The quantitative estimate of drug-likeness (QED) is 0.782. The first-order valence-electron chi connectivity index (χ1n) is 8.64. The zero-order chi connectivity index (χ0) is 16.4. The number of fused-ring (bicyclic) bond motifs is 3. The Labute approximate surface area is 138 Å². The van der Waals surface area contributed by atoms with Gasteiger partial charge in [-0.15, -0.1) is 0 Å². The van der Waals surface area contributed by atoms with Crippen molar-refractivity contribution in [3.05, 3.63) is 23.3 Å². The van der Waals surface area contributed by atoms with Gasteiger partial charge in [0.05, 0.1) is 14.2 Å². The van der Waals surface area contributed by atoms with Gasteiger partial charge in [-0.05, 0) is 47.9 Å². The summed E-state index contributed by atoms with van der Waals surface area (Å²) in [6, 6.07) is 4.69. The van der Waals surface area contributed by atoms with Crippen molar-refractivity contribution in [2.45, 2.75) is 38.6 Å². The predicted molar refractivity (Wildman–Crippen MR) is 90.1 cm³/mol. The molecule has 1 aromatic rings. The molecule has 3 rings (SSSR count). The first kappa shape index (κ1) is 16.3. The third-order valence-electron chi connectivity index (χ3n) is 5.70. The number of ether oxygens (including phenoxy) is 2. The fraction of sp³-hybridized carbons (Fsp3) is 0.632. The molecule has 0 aliphatic carbocycles. The van der Waals surface area contributed by atoms with Gasteiger partial charge in [0, 0.05) is 25.6 Å². The summed E-state index contributed by atoms with van der Waals surface area (Å²) in [7, 11) is 3.37. The van der Waals surface area contributed by atoms with Crippen molar-refractivity contribution in [3.63, 3.8) is 0 Å². The summed E-state index contributed by atoms with van der Waals surface area (Å²) in [5, 5.41) is 0. The molecule has 4 heteroatoms. The molecule has 2 aliphatic heterocycles. The van der Waals surface area contributed by atoms with E-state index in [9.17, 15) is 4.79 Å². The van der Waals surface area contributed by atoms with E-state index in [0.717, 1.165) is 50.1 Å². The first-order chi connectivity index (χ1) is 11.2. The van der Waals surface area contributed by atoms with Crippen molar-refractivity contribution >= 4 is 6.29 Å². The molecule has 23 heavy (non-hydrogen) atoms. The summed E-state index contributed by atoms with van der Waals surface area (Å²) < 4.78 is 10.9. The Morgan fingerprint density at radius 1 is 1.22 bits per heavy atom. The topological polar surface area (TPSA) is 38.8 Å². The zero-order valence-electron chi connectivity index (χ0n) is 14.4. The highest BCUT2D eigenvalue weighted by Crippen LogP contribution is 2.45. The monoisotopic (exact) mass is 317 g/mol. The van der Waals surface area contributed by atoms with Crippen LogP contribution in [-0.2, 0) is 11.2 Å². The van der Waals surface area contributed by atoms with Crippen molar-refractivity contribution in [1.82, 2.24) is 4.90 Å². The number of benzene rings is 1. The molecule has 0 N–H and O–H groups in total. The summed E-state index contributed by atoms with van der Waals surface area (Å²) >= 11 is 0. The number of carbonyl (C=O) groups excluding carboxylic acids is 1. The molecule has 2 aliphatic rings. The number of hydrogen-bond donors (Lipinski definition) is 0. The van der Waals surface area contributed by atoms with Crippen molar-refractivity contribution in [2.75, 3.05) is 27.3 Å². The average molecular weight is 317 g/mol. The van der Waals surface area contributed by atoms with Gasteiger partial charge in [0.1, 0.15) is 6.29 Å². The van der Waals surface area contributed by atoms with Crippen LogP contribution in [0.5, 0.6) is 11.5 Å². The van der Waals surface area contributed by atoms with E-state index < -0.39 is 0 Å². The van der Waals surface area contributed by atoms with Crippen LogP contribution in [-0.4, -0.2) is 38.5 Å². The fourth-order valence-corrected chi connectivity index (χ4v) is 4.38. The van der Waals surface area contributed by atoms with E-state index in [2.05, 4.69) is 24.0 Å². The lowest BCUT2D eigenvalue weighted by Gasteiger charge is -2.47. The maximum atomic E-state index is 11.1. The molecule has 126 valence electrons. The highest BCUT2D eigenvalue weighted by atomic mass is 16.5. The average Bonchev–Trinajstić information content (AvgIpc) is 2.60. The lowest BCUT2D eigenvalue weighted by molar-refractivity contribution is -0.109. The van der Waals surface area contributed by atoms with Crippen LogP contribution in [0.25, 0.3) is 0 Å². The van der Waals surface area contributed by atoms with Crippen LogP contribution in [0, 0.1) is 11.8 Å². The standard InChI is InChI=1S/C19H27NO3/c1-4-13-12-20-7-5-15-10-18(22-2)19(23-3)11-16(15)17(20)9-14(13)6-8-21/h8,10-11,13-14,17H,4-7,9,12H2,1-3H3. The van der Waals surface area contributed by atoms with E-state index in [4.69, 9.17) is 9.47 Å². The second-order valence-corrected chi connectivity index (χ2v) is 6.73. The fourth-order valence-electron chi connectivity index (χ4n) is 4.38. The molecule has 1 aromatic carbocycles. The smallest absolute Gasteiger partial charge is 0.161 e. The van der Waals surface area contributed by atoms with Gasteiger partial charge in [0.2, 0.25) is 0 Å². The minimum Gasteiger partial charge on any atom is -0.493 e. The van der Waals surface area contributed by atoms with Crippen LogP contribution in [0.3, 0.4) is 0 Å². The molecule has 3 unspecified atom stereocenters. The van der Waals surface area contributed by atoms with E-state index in [1.54, 1.807) is 14.2 Å². The Bertz CT molecular complexity index is 572. The van der Waals surface area contributed by atoms with Crippen LogP contribution in [0.4, 0.5) is 0 Å². The van der Waals surface area contributed by atoms with Gasteiger partial charge in [0.15, 0.2) is 11.5 Å². The molecule has 0 aromatic heterocycles. The van der Waals surface area contributed by atoms with E-state index in [1.807, 2.05) is 0 Å². The molecule has 4 nitrogen and oxygen atoms in total. The van der Waals surface area contributed by atoms with Gasteiger partial charge < -0.3 is 14.3 Å². The summed E-state index contributed by atoms with van der Waals surface area (Å²) in [4.78, 5) is 13.7. The molecule has 0 saturated carbocycles. The number of rotatable bonds is 5. The molecule has 1 fully saturated rings. The number of carbonyl (C=O) groups is 1. The van der Waals surface area contributed by atoms with E-state index in [1.165, 1.54) is 11.1 Å². The number of piperidine rings is 1. The lowest BCUT2D eigenvalue weighted by Crippen LogP contribution is -2.45. The Kier molecular flexibility index (Phi) is 4.90. The second-order valence-electron chi connectivity index (χ2n) is 6.73. The summed E-state index contributed by atoms with van der Waals surface area (Å²) in [6.07, 6.45) is 5.06. The van der Waals surface area contributed by atoms with E-state index in [-0.39, 0.29) is 0 Å². The highest BCUT2D eigenvalue weighted by molar-refractivity contribution is 5.51. The molecule has 2 heterocycles. The third-order valence-corrected chi connectivity index (χ3v) is 5.70. The Balaban J connectivity index is 1.94. The van der Waals surface area contributed by atoms with Crippen LogP contribution >= 0.6 is 0 Å². The Hall–Kier alpha value is -1.55. The molecule has 0 spiro atoms. The Morgan fingerprint density at radius 3 is 2.61 bits per heavy atom. The van der Waals surface area contributed by atoms with Crippen LogP contribution < -0.4 is 9.47 Å². The van der Waals surface area contributed by atoms with Crippen molar-refractivity contribution in [1.29, 1.82) is 0 Å². The SMILES string of the molecule is CCC1CN2CCc3cc(OC)c(OC)cc3C2CC1CC=O. The number of hydrogen-bond acceptors (Lipinski definition) is 4. The third kappa shape index (κ3) is 2.97. The minimum absolute atomic E-state index is 0.409. The lowest BCUT2D eigenvalue weighted by atomic mass is 9.75. The van der Waals surface area contributed by atoms with Gasteiger partial charge in [0.25, 0.3) is 0 Å². The molecule has 0 amide bonds. The molecule has 0 radical (unpaired) electrons. The highest BCUT2D eigenvalue weighted by Gasteiger charge is 2.38. The molecule has 3 atom stereocenters. The van der Waals surface area contributed by atoms with E-state index in [0.29, 0.717) is 24.3 Å². The van der Waals surface area contributed by atoms with Crippen LogP contribution in [0.2, 0.25) is 0 Å². The zero-order valence-corrected chi connectivity index (χ0v) is 14.4. The second kappa shape index (κ2) is 6.91. The molecular formula is C19H27NO3. The summed E-state index contributed by atoms with van der Waals surface area (Å²) in [5.74, 6) is 2.75. The minimum atomic E-state index is 0.409. The number of methoxy groups -OCH3 is 2. The normalized spacial score (nSPS) is 27.0. The maximum Gasteiger partial charge on any atom is 0.161 e. The predicted octanol–water partition coefficient (Wildman–Crippen LogP) is 3.24. The van der Waals surface area contributed by atoms with Gasteiger partial charge in [-0.3, -0.25) is 4.90 Å². The maximum absolute atomic E-state index is 11.1. The van der Waals surface area contributed by atoms with E-state index >= 15 is 0 Å². The largest absolute Gasteiger partial charge is 0.493 e. The van der Waals surface area contributed by atoms with Crippen molar-refractivity contribution < 1.29 is 14.3 Å². The number of nitrogens with zero attached hydrogens (tertiary/aromatic N) is 1. The van der Waals surface area contributed by atoms with Gasteiger partial charge in [-0.1, -0.05) is 13.3 Å². The first-order valence-corrected chi connectivity index (χ1v) is 8.64. The molecule has 0 bridgehead atoms. The molecule has 1 saturated heterocycles.